The highest BCUT2D eigenvalue weighted by molar-refractivity contribution is 7.47. The topological polar surface area (TPSA) is 155 Å². The fourth-order valence-electron chi connectivity index (χ4n) is 5.20. The lowest BCUT2D eigenvalue weighted by atomic mass is 10.0. The summed E-state index contributed by atoms with van der Waals surface area (Å²) in [7, 11) is -4.62. The van der Waals surface area contributed by atoms with E-state index in [0.29, 0.717) is 6.42 Å². The van der Waals surface area contributed by atoms with Crippen molar-refractivity contribution in [1.82, 2.24) is 0 Å². The van der Waals surface area contributed by atoms with Crippen molar-refractivity contribution in [3.63, 3.8) is 0 Å². The molecule has 288 valence electrons. The second kappa shape index (κ2) is 34.7. The standard InChI is InChI=1S/C38H72NO9P/c1-3-5-7-9-11-13-15-16-17-18-19-21-23-25-27-29-31-45-32-35(33-46-49(43,44)47-34-36(39)38(41)42)48-37(40)30-28-26-24-22-20-14-12-10-8-6-4-2/h10,12,29,31,35-36H,3-9,11,13-28,30,32-34,39H2,1-2H3,(H,41,42)(H,43,44)/b12-10-,31-29-/t35-,36+/m1/s1. The minimum atomic E-state index is -4.62. The molecule has 0 saturated heterocycles. The van der Waals surface area contributed by atoms with E-state index in [9.17, 15) is 19.0 Å². The molecule has 0 aliphatic rings. The molecular formula is C38H72NO9P. The zero-order valence-electron chi connectivity index (χ0n) is 31.0. The monoisotopic (exact) mass is 717 g/mol. The first-order chi connectivity index (χ1) is 23.7. The van der Waals surface area contributed by atoms with Crippen LogP contribution in [0.5, 0.6) is 0 Å². The summed E-state index contributed by atoms with van der Waals surface area (Å²) >= 11 is 0. The quantitative estimate of drug-likeness (QED) is 0.0186. The third-order valence-corrected chi connectivity index (χ3v) is 9.25. The maximum Gasteiger partial charge on any atom is 0.472 e. The fraction of sp³-hybridized carbons (Fsp3) is 0.842. The summed E-state index contributed by atoms with van der Waals surface area (Å²) in [4.78, 5) is 33.3. The van der Waals surface area contributed by atoms with Crippen LogP contribution in [-0.2, 0) is 32.7 Å². The number of allylic oxidation sites excluding steroid dienone is 3. The molecule has 0 aliphatic carbocycles. The molecule has 0 bridgehead atoms. The molecule has 3 atom stereocenters. The van der Waals surface area contributed by atoms with Crippen molar-refractivity contribution in [2.45, 2.75) is 187 Å². The summed E-state index contributed by atoms with van der Waals surface area (Å²) in [6, 6.07) is -1.48. The Morgan fingerprint density at radius 1 is 0.633 bits per heavy atom. The van der Waals surface area contributed by atoms with Crippen molar-refractivity contribution in [1.29, 1.82) is 0 Å². The van der Waals surface area contributed by atoms with Crippen LogP contribution in [0.15, 0.2) is 24.5 Å². The number of ether oxygens (including phenoxy) is 2. The smallest absolute Gasteiger partial charge is 0.472 e. The Bertz CT molecular complexity index is 883. The van der Waals surface area contributed by atoms with Gasteiger partial charge in [0.05, 0.1) is 19.5 Å². The number of esters is 1. The zero-order valence-corrected chi connectivity index (χ0v) is 31.9. The number of phosphoric ester groups is 1. The van der Waals surface area contributed by atoms with Gasteiger partial charge >= 0.3 is 19.8 Å². The molecule has 1 unspecified atom stereocenters. The van der Waals surface area contributed by atoms with Crippen molar-refractivity contribution < 1.29 is 42.7 Å². The molecule has 11 heteroatoms. The highest BCUT2D eigenvalue weighted by atomic mass is 31.2. The number of nitrogens with two attached hydrogens (primary N) is 1. The van der Waals surface area contributed by atoms with Gasteiger partial charge in [-0.2, -0.15) is 0 Å². The van der Waals surface area contributed by atoms with Gasteiger partial charge in [-0.25, -0.2) is 4.57 Å². The zero-order chi connectivity index (χ0) is 36.3. The molecule has 0 aromatic rings. The van der Waals surface area contributed by atoms with E-state index >= 15 is 0 Å². The third-order valence-electron chi connectivity index (χ3n) is 8.30. The minimum absolute atomic E-state index is 0.0681. The van der Waals surface area contributed by atoms with Crippen LogP contribution in [0.4, 0.5) is 0 Å². The second-order valence-electron chi connectivity index (χ2n) is 13.1. The lowest BCUT2D eigenvalue weighted by Crippen LogP contribution is -2.34. The summed E-state index contributed by atoms with van der Waals surface area (Å²) in [5.41, 5.74) is 5.33. The van der Waals surface area contributed by atoms with Gasteiger partial charge in [-0.1, -0.05) is 142 Å². The first-order valence-electron chi connectivity index (χ1n) is 19.4. The lowest BCUT2D eigenvalue weighted by Gasteiger charge is -2.20. The maximum atomic E-state index is 12.5. The van der Waals surface area contributed by atoms with E-state index < -0.39 is 45.1 Å². The first kappa shape index (κ1) is 47.3. The van der Waals surface area contributed by atoms with Gasteiger partial charge in [0.25, 0.3) is 0 Å². The average Bonchev–Trinajstić information content (AvgIpc) is 3.07. The molecule has 0 aromatic carbocycles. The van der Waals surface area contributed by atoms with Gasteiger partial charge in [0.2, 0.25) is 0 Å². The average molecular weight is 718 g/mol. The summed E-state index contributed by atoms with van der Waals surface area (Å²) < 4.78 is 32.9. The molecule has 0 heterocycles. The highest BCUT2D eigenvalue weighted by Crippen LogP contribution is 2.43. The number of rotatable bonds is 37. The number of carbonyl (C=O) groups excluding carboxylic acids is 1. The van der Waals surface area contributed by atoms with Crippen LogP contribution < -0.4 is 5.73 Å². The molecule has 0 rings (SSSR count). The Morgan fingerprint density at radius 3 is 1.61 bits per heavy atom. The molecular weight excluding hydrogens is 645 g/mol. The minimum Gasteiger partial charge on any atom is -0.498 e. The highest BCUT2D eigenvalue weighted by Gasteiger charge is 2.27. The molecule has 0 spiro atoms. The van der Waals surface area contributed by atoms with Crippen LogP contribution in [0.25, 0.3) is 0 Å². The van der Waals surface area contributed by atoms with Gasteiger partial charge in [0.1, 0.15) is 12.6 Å². The van der Waals surface area contributed by atoms with Gasteiger partial charge in [-0.05, 0) is 44.6 Å². The van der Waals surface area contributed by atoms with Crippen molar-refractivity contribution in [3.05, 3.63) is 24.5 Å². The van der Waals surface area contributed by atoms with Crippen molar-refractivity contribution in [2.75, 3.05) is 19.8 Å². The lowest BCUT2D eigenvalue weighted by molar-refractivity contribution is -0.153. The molecule has 10 nitrogen and oxygen atoms in total. The number of carbonyl (C=O) groups is 2. The Balaban J connectivity index is 4.33. The summed E-state index contributed by atoms with van der Waals surface area (Å²) in [6.45, 7) is 3.22. The van der Waals surface area contributed by atoms with Crippen LogP contribution in [-0.4, -0.2) is 53.9 Å². The van der Waals surface area contributed by atoms with Crippen molar-refractivity contribution >= 4 is 19.8 Å². The molecule has 49 heavy (non-hydrogen) atoms. The van der Waals surface area contributed by atoms with Crippen LogP contribution in [0.3, 0.4) is 0 Å². The van der Waals surface area contributed by atoms with Crippen LogP contribution in [0.1, 0.15) is 174 Å². The number of carboxylic acids is 1. The van der Waals surface area contributed by atoms with Crippen LogP contribution >= 0.6 is 7.82 Å². The van der Waals surface area contributed by atoms with Crippen molar-refractivity contribution in [2.24, 2.45) is 5.73 Å². The predicted molar refractivity (Wildman–Crippen MR) is 198 cm³/mol. The summed E-state index contributed by atoms with van der Waals surface area (Å²) in [6.07, 6.45) is 36.1. The van der Waals surface area contributed by atoms with Crippen LogP contribution in [0, 0.1) is 0 Å². The van der Waals surface area contributed by atoms with E-state index in [1.807, 2.05) is 6.08 Å². The third kappa shape index (κ3) is 34.5. The SMILES string of the molecule is CCCC/C=C\CCCCCCCC(=O)O[C@H](CO/C=C\CCCCCCCCCCCCCCCC)COP(=O)(O)OC[C@H](N)C(=O)O. The van der Waals surface area contributed by atoms with E-state index in [1.54, 1.807) is 6.26 Å². The molecule has 4 N–H and O–H groups in total. The molecule has 0 radical (unpaired) electrons. The number of phosphoric acid groups is 1. The Hall–Kier alpha value is -1.71. The van der Waals surface area contributed by atoms with Gasteiger partial charge in [-0.3, -0.25) is 18.6 Å². The van der Waals surface area contributed by atoms with Gasteiger partial charge in [0.15, 0.2) is 6.10 Å². The molecule has 0 saturated carbocycles. The number of carboxylic acid groups (broad SMARTS) is 1. The molecule has 0 amide bonds. The largest absolute Gasteiger partial charge is 0.498 e. The number of aliphatic carboxylic acids is 1. The number of hydrogen-bond acceptors (Lipinski definition) is 8. The van der Waals surface area contributed by atoms with E-state index in [4.69, 9.17) is 24.8 Å². The van der Waals surface area contributed by atoms with Gasteiger partial charge in [0, 0.05) is 6.42 Å². The van der Waals surface area contributed by atoms with Gasteiger partial charge < -0.3 is 25.2 Å². The van der Waals surface area contributed by atoms with Gasteiger partial charge in [-0.15, -0.1) is 0 Å². The van der Waals surface area contributed by atoms with Crippen LogP contribution in [0.2, 0.25) is 0 Å². The van der Waals surface area contributed by atoms with Crippen molar-refractivity contribution in [3.8, 4) is 0 Å². The Morgan fingerprint density at radius 2 is 1.08 bits per heavy atom. The van der Waals surface area contributed by atoms with E-state index in [1.165, 1.54) is 96.3 Å². The normalized spacial score (nSPS) is 14.3. The summed E-state index contributed by atoms with van der Waals surface area (Å²) in [5, 5.41) is 8.85. The Kier molecular flexibility index (Phi) is 33.5. The maximum absolute atomic E-state index is 12.5. The predicted octanol–water partition coefficient (Wildman–Crippen LogP) is 10.3. The number of unbranched alkanes of at least 4 members (excludes halogenated alkanes) is 21. The van der Waals surface area contributed by atoms with E-state index in [0.717, 1.165) is 51.4 Å². The van der Waals surface area contributed by atoms with E-state index in [2.05, 4.69) is 30.5 Å². The fourth-order valence-corrected chi connectivity index (χ4v) is 5.97. The molecule has 0 fully saturated rings. The first-order valence-corrected chi connectivity index (χ1v) is 20.9. The van der Waals surface area contributed by atoms with E-state index in [-0.39, 0.29) is 13.0 Å². The molecule has 0 aromatic heterocycles. The Labute approximate surface area is 298 Å². The summed E-state index contributed by atoms with van der Waals surface area (Å²) in [5.74, 6) is -1.82. The number of hydrogen-bond donors (Lipinski definition) is 3. The molecule has 0 aliphatic heterocycles. The second-order valence-corrected chi connectivity index (χ2v) is 14.6.